The van der Waals surface area contributed by atoms with Crippen molar-refractivity contribution in [1.29, 1.82) is 0 Å². The van der Waals surface area contributed by atoms with Crippen molar-refractivity contribution in [3.8, 4) is 11.5 Å². The summed E-state index contributed by atoms with van der Waals surface area (Å²) < 4.78 is 10.4. The summed E-state index contributed by atoms with van der Waals surface area (Å²) in [5.41, 5.74) is 1.70. The Bertz CT molecular complexity index is 736. The molecular weight excluding hydrogens is 348 g/mol. The van der Waals surface area contributed by atoms with Crippen LogP contribution in [-0.4, -0.2) is 30.8 Å². The lowest BCUT2D eigenvalue weighted by atomic mass is 10.1. The molecule has 1 unspecified atom stereocenters. The van der Waals surface area contributed by atoms with E-state index >= 15 is 0 Å². The summed E-state index contributed by atoms with van der Waals surface area (Å²) in [5, 5.41) is 24.5. The molecule has 2 rings (SSSR count). The summed E-state index contributed by atoms with van der Waals surface area (Å²) in [5.74, 6) is 1.14. The highest BCUT2D eigenvalue weighted by atomic mass is 35.5. The maximum Gasteiger partial charge on any atom is 0.271 e. The van der Waals surface area contributed by atoms with Gasteiger partial charge >= 0.3 is 0 Å². The van der Waals surface area contributed by atoms with Gasteiger partial charge in [0.2, 0.25) is 0 Å². The average molecular weight is 367 g/mol. The van der Waals surface area contributed by atoms with E-state index in [0.29, 0.717) is 28.3 Å². The van der Waals surface area contributed by atoms with Crippen LogP contribution < -0.4 is 14.8 Å². The average Bonchev–Trinajstić information content (AvgIpc) is 2.59. The minimum atomic E-state index is -0.852. The van der Waals surface area contributed by atoms with Crippen LogP contribution in [0, 0.1) is 17.0 Å². The first-order valence-corrected chi connectivity index (χ1v) is 7.83. The van der Waals surface area contributed by atoms with Crippen molar-refractivity contribution in [2.45, 2.75) is 13.0 Å². The van der Waals surface area contributed by atoms with Crippen molar-refractivity contribution in [3.63, 3.8) is 0 Å². The van der Waals surface area contributed by atoms with E-state index in [1.165, 1.54) is 26.4 Å². The molecule has 25 heavy (non-hydrogen) atoms. The number of aryl methyl sites for hydroxylation is 1. The third-order valence-electron chi connectivity index (χ3n) is 3.71. The monoisotopic (exact) mass is 366 g/mol. The lowest BCUT2D eigenvalue weighted by Crippen LogP contribution is -2.13. The highest BCUT2D eigenvalue weighted by molar-refractivity contribution is 6.33. The molecule has 0 aromatic heterocycles. The van der Waals surface area contributed by atoms with Crippen LogP contribution in [0.4, 0.5) is 11.4 Å². The Morgan fingerprint density at radius 2 is 1.80 bits per heavy atom. The summed E-state index contributed by atoms with van der Waals surface area (Å²) in [6.45, 7) is 1.87. The highest BCUT2D eigenvalue weighted by Gasteiger charge is 2.16. The number of ether oxygens (including phenoxy) is 2. The second kappa shape index (κ2) is 8.04. The summed E-state index contributed by atoms with van der Waals surface area (Å²) in [6.07, 6.45) is -0.852. The first kappa shape index (κ1) is 18.8. The molecule has 0 radical (unpaired) electrons. The van der Waals surface area contributed by atoms with Crippen molar-refractivity contribution < 1.29 is 19.5 Å². The summed E-state index contributed by atoms with van der Waals surface area (Å²) in [6, 6.07) is 7.83. The number of hydrogen-bond donors (Lipinski definition) is 2. The van der Waals surface area contributed by atoms with E-state index in [1.54, 1.807) is 25.1 Å². The first-order valence-electron chi connectivity index (χ1n) is 7.45. The Morgan fingerprint density at radius 1 is 1.20 bits per heavy atom. The zero-order chi connectivity index (χ0) is 18.6. The van der Waals surface area contributed by atoms with Gasteiger partial charge in [-0.1, -0.05) is 11.6 Å². The van der Waals surface area contributed by atoms with Gasteiger partial charge < -0.3 is 19.9 Å². The number of non-ortho nitro benzene ring substituents is 1. The first-order chi connectivity index (χ1) is 11.8. The van der Waals surface area contributed by atoms with Gasteiger partial charge in [0.15, 0.2) is 0 Å². The molecule has 0 fully saturated rings. The minimum Gasteiger partial charge on any atom is -0.497 e. The van der Waals surface area contributed by atoms with E-state index in [9.17, 15) is 15.2 Å². The number of nitro groups is 1. The molecule has 0 aliphatic carbocycles. The number of hydrogen-bond acceptors (Lipinski definition) is 6. The van der Waals surface area contributed by atoms with Gasteiger partial charge in [-0.15, -0.1) is 0 Å². The van der Waals surface area contributed by atoms with Gasteiger partial charge in [0.25, 0.3) is 5.69 Å². The van der Waals surface area contributed by atoms with Gasteiger partial charge in [-0.2, -0.15) is 0 Å². The quantitative estimate of drug-likeness (QED) is 0.573. The van der Waals surface area contributed by atoms with Gasteiger partial charge in [-0.3, -0.25) is 10.1 Å². The third kappa shape index (κ3) is 4.52. The molecular formula is C17H19ClN2O5. The van der Waals surface area contributed by atoms with Gasteiger partial charge in [0.05, 0.1) is 36.0 Å². The fourth-order valence-corrected chi connectivity index (χ4v) is 2.72. The van der Waals surface area contributed by atoms with E-state index < -0.39 is 11.0 Å². The Labute approximate surface area is 150 Å². The molecule has 0 bridgehead atoms. The van der Waals surface area contributed by atoms with Crippen molar-refractivity contribution in [2.75, 3.05) is 26.1 Å². The predicted octanol–water partition coefficient (Wildman–Crippen LogP) is 3.72. The van der Waals surface area contributed by atoms with Gasteiger partial charge in [-0.25, -0.2) is 0 Å². The largest absolute Gasteiger partial charge is 0.497 e. The zero-order valence-electron chi connectivity index (χ0n) is 14.1. The Kier molecular flexibility index (Phi) is 6.06. The molecule has 0 aliphatic rings. The van der Waals surface area contributed by atoms with Crippen LogP contribution >= 0.6 is 11.6 Å². The molecule has 7 nitrogen and oxygen atoms in total. The summed E-state index contributed by atoms with van der Waals surface area (Å²) in [4.78, 5) is 10.4. The SMILES string of the molecule is COc1cc(OC)cc(C(O)CNc2c(C)cc([N+](=O)[O-])cc2Cl)c1. The number of anilines is 1. The Hall–Kier alpha value is -2.51. The second-order valence-corrected chi connectivity index (χ2v) is 5.83. The maximum atomic E-state index is 10.9. The molecule has 8 heteroatoms. The van der Waals surface area contributed by atoms with Gasteiger partial charge in [0.1, 0.15) is 11.5 Å². The number of nitrogens with one attached hydrogen (secondary N) is 1. The lowest BCUT2D eigenvalue weighted by Gasteiger charge is -2.17. The lowest BCUT2D eigenvalue weighted by molar-refractivity contribution is -0.384. The van der Waals surface area contributed by atoms with Crippen molar-refractivity contribution in [2.24, 2.45) is 0 Å². The molecule has 134 valence electrons. The van der Waals surface area contributed by atoms with Crippen LogP contribution in [0.15, 0.2) is 30.3 Å². The van der Waals surface area contributed by atoms with Crippen molar-refractivity contribution >= 4 is 23.0 Å². The summed E-state index contributed by atoms with van der Waals surface area (Å²) >= 11 is 6.11. The fourth-order valence-electron chi connectivity index (χ4n) is 2.39. The number of nitrogens with zero attached hydrogens (tertiary/aromatic N) is 1. The number of halogens is 1. The third-order valence-corrected chi connectivity index (χ3v) is 4.01. The van der Waals surface area contributed by atoms with Gasteiger partial charge in [0, 0.05) is 24.7 Å². The maximum absolute atomic E-state index is 10.9. The molecule has 0 amide bonds. The minimum absolute atomic E-state index is 0.0777. The molecule has 0 saturated carbocycles. The van der Waals surface area contributed by atoms with Crippen LogP contribution in [0.1, 0.15) is 17.2 Å². The van der Waals surface area contributed by atoms with Crippen LogP contribution in [-0.2, 0) is 0 Å². The van der Waals surface area contributed by atoms with Crippen LogP contribution in [0.25, 0.3) is 0 Å². The molecule has 0 saturated heterocycles. The molecule has 2 N–H and O–H groups in total. The molecule has 0 spiro atoms. The number of aliphatic hydroxyl groups is 1. The predicted molar refractivity (Wildman–Crippen MR) is 95.8 cm³/mol. The normalized spacial score (nSPS) is 11.7. The topological polar surface area (TPSA) is 93.9 Å². The Balaban J connectivity index is 2.17. The van der Waals surface area contributed by atoms with E-state index in [1.807, 2.05) is 0 Å². The van der Waals surface area contributed by atoms with E-state index in [4.69, 9.17) is 21.1 Å². The number of nitro benzene ring substituents is 1. The van der Waals surface area contributed by atoms with Crippen molar-refractivity contribution in [1.82, 2.24) is 0 Å². The smallest absolute Gasteiger partial charge is 0.271 e. The van der Waals surface area contributed by atoms with Crippen LogP contribution in [0.5, 0.6) is 11.5 Å². The Morgan fingerprint density at radius 3 is 2.28 bits per heavy atom. The number of benzene rings is 2. The number of methoxy groups -OCH3 is 2. The van der Waals surface area contributed by atoms with Crippen LogP contribution in [0.2, 0.25) is 5.02 Å². The van der Waals surface area contributed by atoms with Gasteiger partial charge in [-0.05, 0) is 30.2 Å². The second-order valence-electron chi connectivity index (χ2n) is 5.42. The standard InChI is InChI=1S/C17H19ClN2O5/c1-10-4-12(20(22)23)7-15(18)17(10)19-9-16(21)11-5-13(24-2)8-14(6-11)25-3/h4-8,16,19,21H,9H2,1-3H3. The highest BCUT2D eigenvalue weighted by Crippen LogP contribution is 2.32. The molecule has 0 aliphatic heterocycles. The van der Waals surface area contributed by atoms with E-state index in [-0.39, 0.29) is 17.3 Å². The molecule has 0 heterocycles. The van der Waals surface area contributed by atoms with E-state index in [2.05, 4.69) is 5.32 Å². The zero-order valence-corrected chi connectivity index (χ0v) is 14.8. The summed E-state index contributed by atoms with van der Waals surface area (Å²) in [7, 11) is 3.06. The van der Waals surface area contributed by atoms with Crippen molar-refractivity contribution in [3.05, 3.63) is 56.6 Å². The fraction of sp³-hybridized carbons (Fsp3) is 0.294. The molecule has 2 aromatic rings. The molecule has 2 aromatic carbocycles. The number of aliphatic hydroxyl groups excluding tert-OH is 1. The van der Waals surface area contributed by atoms with Crippen LogP contribution in [0.3, 0.4) is 0 Å². The molecule has 1 atom stereocenters. The van der Waals surface area contributed by atoms with E-state index in [0.717, 1.165) is 0 Å². The number of rotatable bonds is 7.